The van der Waals surface area contributed by atoms with Gasteiger partial charge in [-0.05, 0) is 48.5 Å². The zero-order valence-electron chi connectivity index (χ0n) is 13.7. The Balaban J connectivity index is 1.83. The molecule has 0 unspecified atom stereocenters. The van der Waals surface area contributed by atoms with Crippen molar-refractivity contribution in [2.24, 2.45) is 0 Å². The standard InChI is InChI=1S/C19H12ClFN4O2/c20-12-3-7-14(8-4-12)22-18(27)17-16(11-1-5-13(21)6-2-11)24-19-23-15(26)9-10-25(17)19/h1-10H,(H,22,27)(H,23,24,26). The lowest BCUT2D eigenvalue weighted by molar-refractivity contribution is 0.102. The van der Waals surface area contributed by atoms with Crippen molar-refractivity contribution < 1.29 is 14.3 Å². The monoisotopic (exact) mass is 382 g/mol. The summed E-state index contributed by atoms with van der Waals surface area (Å²) in [6, 6.07) is 13.6. The van der Waals surface area contributed by atoms with Gasteiger partial charge in [-0.15, -0.1) is 0 Å². The second kappa shape index (κ2) is 6.69. The molecule has 8 heteroatoms. The molecule has 0 spiro atoms. The number of rotatable bonds is 3. The normalized spacial score (nSPS) is 10.9. The summed E-state index contributed by atoms with van der Waals surface area (Å²) in [7, 11) is 0. The first kappa shape index (κ1) is 17.0. The van der Waals surface area contributed by atoms with Crippen molar-refractivity contribution in [3.63, 3.8) is 0 Å². The number of nitrogens with one attached hydrogen (secondary N) is 1. The van der Waals surface area contributed by atoms with Crippen LogP contribution in [0.4, 0.5) is 10.1 Å². The van der Waals surface area contributed by atoms with Gasteiger partial charge in [0.1, 0.15) is 17.2 Å². The van der Waals surface area contributed by atoms with Gasteiger partial charge < -0.3 is 10.4 Å². The molecule has 0 atom stereocenters. The summed E-state index contributed by atoms with van der Waals surface area (Å²) in [5.74, 6) is -0.902. The molecule has 2 aromatic carbocycles. The van der Waals surface area contributed by atoms with Gasteiger partial charge >= 0.3 is 0 Å². The number of nitrogens with zero attached hydrogens (tertiary/aromatic N) is 3. The topological polar surface area (TPSA) is 79.5 Å². The van der Waals surface area contributed by atoms with Crippen molar-refractivity contribution >= 4 is 29.0 Å². The lowest BCUT2D eigenvalue weighted by atomic mass is 10.1. The minimum atomic E-state index is -0.434. The average molecular weight is 383 g/mol. The van der Waals surface area contributed by atoms with Crippen molar-refractivity contribution in [3.05, 3.63) is 77.3 Å². The zero-order valence-corrected chi connectivity index (χ0v) is 14.5. The van der Waals surface area contributed by atoms with Crippen LogP contribution in [0, 0.1) is 5.82 Å². The maximum Gasteiger partial charge on any atom is 0.275 e. The van der Waals surface area contributed by atoms with E-state index in [0.29, 0.717) is 22.0 Å². The minimum absolute atomic E-state index is 0.149. The Bertz CT molecular complexity index is 1140. The van der Waals surface area contributed by atoms with Gasteiger partial charge in [0.15, 0.2) is 0 Å². The number of aromatic nitrogens is 3. The summed E-state index contributed by atoms with van der Waals surface area (Å²) in [6.07, 6.45) is 1.49. The fourth-order valence-corrected chi connectivity index (χ4v) is 2.80. The number of aromatic hydroxyl groups is 1. The first-order valence-corrected chi connectivity index (χ1v) is 8.30. The maximum absolute atomic E-state index is 13.3. The summed E-state index contributed by atoms with van der Waals surface area (Å²) in [4.78, 5) is 21.2. The van der Waals surface area contributed by atoms with E-state index in [4.69, 9.17) is 11.6 Å². The SMILES string of the molecule is O=C(Nc1ccc(Cl)cc1)c1c(-c2ccc(F)cc2)nc2nc(O)ccn12. The molecule has 2 heterocycles. The summed E-state index contributed by atoms with van der Waals surface area (Å²) >= 11 is 5.87. The van der Waals surface area contributed by atoms with E-state index in [1.165, 1.54) is 40.9 Å². The summed E-state index contributed by atoms with van der Waals surface area (Å²) in [5.41, 5.74) is 1.62. The van der Waals surface area contributed by atoms with Crippen molar-refractivity contribution in [1.82, 2.24) is 14.4 Å². The summed E-state index contributed by atoms with van der Waals surface area (Å²) in [6.45, 7) is 0. The highest BCUT2D eigenvalue weighted by Crippen LogP contribution is 2.26. The van der Waals surface area contributed by atoms with E-state index < -0.39 is 11.7 Å². The first-order chi connectivity index (χ1) is 13.0. The molecule has 0 saturated heterocycles. The molecule has 4 rings (SSSR count). The zero-order chi connectivity index (χ0) is 19.0. The predicted octanol–water partition coefficient (Wildman–Crippen LogP) is 4.15. The van der Waals surface area contributed by atoms with Gasteiger partial charge in [0.2, 0.25) is 11.7 Å². The third kappa shape index (κ3) is 3.32. The molecule has 2 aromatic heterocycles. The van der Waals surface area contributed by atoms with Crippen LogP contribution >= 0.6 is 11.6 Å². The minimum Gasteiger partial charge on any atom is -0.493 e. The Morgan fingerprint density at radius 2 is 1.74 bits per heavy atom. The van der Waals surface area contributed by atoms with E-state index >= 15 is 0 Å². The molecule has 0 bridgehead atoms. The van der Waals surface area contributed by atoms with E-state index in [1.807, 2.05) is 0 Å². The molecule has 0 radical (unpaired) electrons. The van der Waals surface area contributed by atoms with Crippen LogP contribution in [0.2, 0.25) is 5.02 Å². The van der Waals surface area contributed by atoms with E-state index in [-0.39, 0.29) is 17.4 Å². The highest BCUT2D eigenvalue weighted by molar-refractivity contribution is 6.30. The molecule has 6 nitrogen and oxygen atoms in total. The van der Waals surface area contributed by atoms with Gasteiger partial charge in [0.25, 0.3) is 5.91 Å². The van der Waals surface area contributed by atoms with Crippen LogP contribution in [0.5, 0.6) is 5.88 Å². The van der Waals surface area contributed by atoms with Crippen LogP contribution < -0.4 is 5.32 Å². The number of hydrogen-bond acceptors (Lipinski definition) is 4. The summed E-state index contributed by atoms with van der Waals surface area (Å²) < 4.78 is 14.7. The van der Waals surface area contributed by atoms with Crippen LogP contribution in [0.15, 0.2) is 60.8 Å². The van der Waals surface area contributed by atoms with Crippen molar-refractivity contribution in [3.8, 4) is 17.1 Å². The van der Waals surface area contributed by atoms with E-state index in [1.54, 1.807) is 24.3 Å². The lowest BCUT2D eigenvalue weighted by Crippen LogP contribution is -2.15. The maximum atomic E-state index is 13.3. The van der Waals surface area contributed by atoms with Crippen molar-refractivity contribution in [2.75, 3.05) is 5.32 Å². The van der Waals surface area contributed by atoms with Crippen LogP contribution in [-0.4, -0.2) is 25.4 Å². The Kier molecular flexibility index (Phi) is 4.21. The van der Waals surface area contributed by atoms with Crippen LogP contribution in [0.25, 0.3) is 17.0 Å². The number of imidazole rings is 1. The van der Waals surface area contributed by atoms with Crippen LogP contribution in [0.3, 0.4) is 0 Å². The smallest absolute Gasteiger partial charge is 0.275 e. The molecule has 0 aliphatic rings. The Hall–Kier alpha value is -3.45. The van der Waals surface area contributed by atoms with E-state index in [2.05, 4.69) is 15.3 Å². The van der Waals surface area contributed by atoms with E-state index in [9.17, 15) is 14.3 Å². The number of carbonyl (C=O) groups excluding carboxylic acids is 1. The molecule has 0 saturated carbocycles. The molecule has 0 aliphatic heterocycles. The number of amides is 1. The number of halogens is 2. The van der Waals surface area contributed by atoms with Gasteiger partial charge in [0, 0.05) is 28.5 Å². The molecular weight excluding hydrogens is 371 g/mol. The fourth-order valence-electron chi connectivity index (χ4n) is 2.67. The lowest BCUT2D eigenvalue weighted by Gasteiger charge is -2.07. The average Bonchev–Trinajstić information content (AvgIpc) is 3.02. The van der Waals surface area contributed by atoms with Gasteiger partial charge in [-0.3, -0.25) is 9.20 Å². The predicted molar refractivity (Wildman–Crippen MR) is 99.5 cm³/mol. The molecule has 0 fully saturated rings. The first-order valence-electron chi connectivity index (χ1n) is 7.92. The number of hydrogen-bond donors (Lipinski definition) is 2. The van der Waals surface area contributed by atoms with Gasteiger partial charge in [-0.2, -0.15) is 4.98 Å². The number of benzene rings is 2. The van der Waals surface area contributed by atoms with Crippen LogP contribution in [-0.2, 0) is 0 Å². The molecule has 0 aliphatic carbocycles. The highest BCUT2D eigenvalue weighted by Gasteiger charge is 2.22. The Labute approximate surface area is 157 Å². The van der Waals surface area contributed by atoms with E-state index in [0.717, 1.165) is 0 Å². The molecule has 1 amide bonds. The fraction of sp³-hybridized carbons (Fsp3) is 0. The van der Waals surface area contributed by atoms with Crippen molar-refractivity contribution in [2.45, 2.75) is 0 Å². The highest BCUT2D eigenvalue weighted by atomic mass is 35.5. The number of anilines is 1. The quantitative estimate of drug-likeness (QED) is 0.558. The molecular formula is C19H12ClFN4O2. The summed E-state index contributed by atoms with van der Waals surface area (Å²) in [5, 5.41) is 12.9. The molecule has 27 heavy (non-hydrogen) atoms. The third-order valence-electron chi connectivity index (χ3n) is 3.91. The largest absolute Gasteiger partial charge is 0.493 e. The molecule has 4 aromatic rings. The number of fused-ring (bicyclic) bond motifs is 1. The van der Waals surface area contributed by atoms with Gasteiger partial charge in [-0.25, -0.2) is 9.37 Å². The second-order valence-electron chi connectivity index (χ2n) is 5.73. The second-order valence-corrected chi connectivity index (χ2v) is 6.17. The Morgan fingerprint density at radius 3 is 2.44 bits per heavy atom. The molecule has 2 N–H and O–H groups in total. The van der Waals surface area contributed by atoms with Gasteiger partial charge in [0.05, 0.1) is 0 Å². The Morgan fingerprint density at radius 1 is 1.04 bits per heavy atom. The van der Waals surface area contributed by atoms with Crippen LogP contribution in [0.1, 0.15) is 10.5 Å². The molecule has 134 valence electrons. The van der Waals surface area contributed by atoms with Crippen molar-refractivity contribution in [1.29, 1.82) is 0 Å². The third-order valence-corrected chi connectivity index (χ3v) is 4.17. The van der Waals surface area contributed by atoms with Gasteiger partial charge in [-0.1, -0.05) is 11.6 Å². The number of carbonyl (C=O) groups is 1.